The predicted molar refractivity (Wildman–Crippen MR) is 143 cm³/mol. The van der Waals surface area contributed by atoms with E-state index in [4.69, 9.17) is 16.3 Å². The van der Waals surface area contributed by atoms with Crippen molar-refractivity contribution in [2.24, 2.45) is 0 Å². The number of carbonyl (C=O) groups is 1. The number of amides is 1. The molecule has 0 aliphatic carbocycles. The van der Waals surface area contributed by atoms with E-state index in [1.165, 1.54) is 0 Å². The number of ether oxygens (including phenoxy) is 1. The van der Waals surface area contributed by atoms with Gasteiger partial charge in [-0.25, -0.2) is 0 Å². The molecule has 1 saturated heterocycles. The first kappa shape index (κ1) is 22.9. The van der Waals surface area contributed by atoms with Gasteiger partial charge in [-0.1, -0.05) is 96.5 Å². The Hall–Kier alpha value is -3.82. The van der Waals surface area contributed by atoms with E-state index in [0.717, 1.165) is 28.1 Å². The van der Waals surface area contributed by atoms with E-state index in [2.05, 4.69) is 24.3 Å². The Kier molecular flexibility index (Phi) is 6.43. The number of rotatable bonds is 7. The highest BCUT2D eigenvalue weighted by Crippen LogP contribution is 2.56. The summed E-state index contributed by atoms with van der Waals surface area (Å²) in [5.41, 5.74) is 3.23. The van der Waals surface area contributed by atoms with E-state index in [-0.39, 0.29) is 11.9 Å². The lowest BCUT2D eigenvalue weighted by Gasteiger charge is -2.56. The predicted octanol–water partition coefficient (Wildman–Crippen LogP) is 7.48. The lowest BCUT2D eigenvalue weighted by Crippen LogP contribution is -2.66. The summed E-state index contributed by atoms with van der Waals surface area (Å²) in [7, 11) is 1.65. The highest BCUT2D eigenvalue weighted by atomic mass is 35.5. The molecule has 0 aromatic heterocycles. The summed E-state index contributed by atoms with van der Waals surface area (Å²) in [4.78, 5) is 16.1. The van der Waals surface area contributed by atoms with E-state index < -0.39 is 5.41 Å². The van der Waals surface area contributed by atoms with Gasteiger partial charge in [0.25, 0.3) is 0 Å². The van der Waals surface area contributed by atoms with E-state index in [1.807, 2.05) is 102 Å². The first-order chi connectivity index (χ1) is 17.1. The number of β-lactam (4-membered cyclic amide) rings is 1. The molecule has 4 heteroatoms. The second-order valence-electron chi connectivity index (χ2n) is 8.68. The molecule has 3 nitrogen and oxygen atoms in total. The molecule has 1 amide bonds. The number of anilines is 1. The third kappa shape index (κ3) is 4.24. The Balaban J connectivity index is 1.64. The maximum atomic E-state index is 14.2. The molecule has 0 bridgehead atoms. The standard InChI is InChI=1S/C31H26ClNO2/c1-35-28-20-16-25(17-21-28)31(22-8-11-23-9-4-2-5-10-23)29(24-14-18-26(32)19-15-24)33(30(31)34)27-12-6-3-7-13-27/h2-21,29H,22H2,1H3/b11-8+/t29-,31+/m1/s1. The van der Waals surface area contributed by atoms with Crippen LogP contribution in [0.4, 0.5) is 5.69 Å². The van der Waals surface area contributed by atoms with Crippen molar-refractivity contribution in [3.8, 4) is 5.75 Å². The van der Waals surface area contributed by atoms with E-state index >= 15 is 0 Å². The second kappa shape index (κ2) is 9.81. The minimum atomic E-state index is -0.763. The monoisotopic (exact) mass is 479 g/mol. The van der Waals surface area contributed by atoms with Gasteiger partial charge >= 0.3 is 0 Å². The van der Waals surface area contributed by atoms with Gasteiger partial charge in [0.15, 0.2) is 0 Å². The highest BCUT2D eigenvalue weighted by molar-refractivity contribution is 6.30. The van der Waals surface area contributed by atoms with E-state index in [1.54, 1.807) is 7.11 Å². The molecule has 4 aromatic rings. The third-order valence-electron chi connectivity index (χ3n) is 6.70. The Morgan fingerprint density at radius 1 is 0.857 bits per heavy atom. The summed E-state index contributed by atoms with van der Waals surface area (Å²) in [5.74, 6) is 0.838. The molecule has 1 aliphatic rings. The number of allylic oxidation sites excluding steroid dienone is 1. The van der Waals surface area contributed by atoms with Crippen molar-refractivity contribution in [3.63, 3.8) is 0 Å². The van der Waals surface area contributed by atoms with Gasteiger partial charge in [-0.15, -0.1) is 0 Å². The zero-order valence-electron chi connectivity index (χ0n) is 19.5. The summed E-state index contributed by atoms with van der Waals surface area (Å²) in [6.45, 7) is 0. The van der Waals surface area contributed by atoms with Crippen LogP contribution in [0.25, 0.3) is 6.08 Å². The van der Waals surface area contributed by atoms with Crippen LogP contribution in [0.3, 0.4) is 0 Å². The fraction of sp³-hybridized carbons (Fsp3) is 0.129. The summed E-state index contributed by atoms with van der Waals surface area (Å²) in [5, 5.41) is 0.671. The van der Waals surface area contributed by atoms with Crippen LogP contribution < -0.4 is 9.64 Å². The minimum Gasteiger partial charge on any atom is -0.497 e. The van der Waals surface area contributed by atoms with Gasteiger partial charge in [0.1, 0.15) is 11.2 Å². The normalized spacial score (nSPS) is 19.5. The fourth-order valence-electron chi connectivity index (χ4n) is 4.97. The van der Waals surface area contributed by atoms with Crippen LogP contribution in [0.1, 0.15) is 29.2 Å². The average Bonchev–Trinajstić information content (AvgIpc) is 2.91. The summed E-state index contributed by atoms with van der Waals surface area (Å²) >= 11 is 6.23. The van der Waals surface area contributed by atoms with Gasteiger partial charge < -0.3 is 9.64 Å². The van der Waals surface area contributed by atoms with Gasteiger partial charge in [-0.05, 0) is 59.5 Å². The smallest absolute Gasteiger partial charge is 0.241 e. The van der Waals surface area contributed by atoms with Crippen molar-refractivity contribution < 1.29 is 9.53 Å². The van der Waals surface area contributed by atoms with Gasteiger partial charge in [0.2, 0.25) is 5.91 Å². The molecule has 1 heterocycles. The molecule has 0 unspecified atom stereocenters. The van der Waals surface area contributed by atoms with E-state index in [9.17, 15) is 4.79 Å². The van der Waals surface area contributed by atoms with Gasteiger partial charge in [0.05, 0.1) is 13.2 Å². The van der Waals surface area contributed by atoms with Crippen molar-refractivity contribution in [1.82, 2.24) is 0 Å². The molecule has 0 spiro atoms. The van der Waals surface area contributed by atoms with Crippen LogP contribution in [0.15, 0.2) is 115 Å². The third-order valence-corrected chi connectivity index (χ3v) is 6.95. The van der Waals surface area contributed by atoms with Crippen LogP contribution in [0.5, 0.6) is 5.75 Å². The topological polar surface area (TPSA) is 29.5 Å². The van der Waals surface area contributed by atoms with Crippen LogP contribution in [-0.4, -0.2) is 13.0 Å². The largest absolute Gasteiger partial charge is 0.497 e. The maximum Gasteiger partial charge on any atom is 0.241 e. The summed E-state index contributed by atoms with van der Waals surface area (Å²) < 4.78 is 5.39. The van der Waals surface area contributed by atoms with Crippen molar-refractivity contribution in [3.05, 3.63) is 137 Å². The minimum absolute atomic E-state index is 0.0755. The zero-order chi connectivity index (χ0) is 24.3. The number of nitrogens with zero attached hydrogens (tertiary/aromatic N) is 1. The molecule has 174 valence electrons. The number of halogens is 1. The van der Waals surface area contributed by atoms with Crippen LogP contribution in [0, 0.1) is 0 Å². The molecule has 0 N–H and O–H groups in total. The van der Waals surface area contributed by atoms with Crippen LogP contribution >= 0.6 is 11.6 Å². The second-order valence-corrected chi connectivity index (χ2v) is 9.12. The Morgan fingerprint density at radius 2 is 1.49 bits per heavy atom. The van der Waals surface area contributed by atoms with Gasteiger partial charge in [-0.3, -0.25) is 4.79 Å². The lowest BCUT2D eigenvalue weighted by atomic mass is 9.61. The Bertz CT molecular complexity index is 1320. The van der Waals surface area contributed by atoms with Gasteiger partial charge in [0, 0.05) is 10.7 Å². The number of hydrogen-bond acceptors (Lipinski definition) is 2. The number of methoxy groups -OCH3 is 1. The van der Waals surface area contributed by atoms with Crippen molar-refractivity contribution in [2.75, 3.05) is 12.0 Å². The molecule has 1 fully saturated rings. The molecule has 35 heavy (non-hydrogen) atoms. The number of hydrogen-bond donors (Lipinski definition) is 0. The Morgan fingerprint density at radius 3 is 2.11 bits per heavy atom. The van der Waals surface area contributed by atoms with Crippen molar-refractivity contribution >= 4 is 29.3 Å². The number of benzene rings is 4. The SMILES string of the molecule is COc1ccc([C@]2(C/C=C/c3ccccc3)C(=O)N(c3ccccc3)[C@@H]2c2ccc(Cl)cc2)cc1. The highest BCUT2D eigenvalue weighted by Gasteiger charge is 2.61. The molecule has 4 aromatic carbocycles. The molecule has 0 saturated carbocycles. The molecular formula is C31H26ClNO2. The Labute approximate surface area is 211 Å². The van der Waals surface area contributed by atoms with Crippen LogP contribution in [0.2, 0.25) is 5.02 Å². The molecule has 2 atom stereocenters. The first-order valence-electron chi connectivity index (χ1n) is 11.6. The number of carbonyl (C=O) groups excluding carboxylic acids is 1. The first-order valence-corrected chi connectivity index (χ1v) is 12.0. The summed E-state index contributed by atoms with van der Waals surface area (Å²) in [6, 6.07) is 35.5. The molecular weight excluding hydrogens is 454 g/mol. The lowest BCUT2D eigenvalue weighted by molar-refractivity contribution is -0.133. The summed E-state index contributed by atoms with van der Waals surface area (Å²) in [6.07, 6.45) is 4.76. The average molecular weight is 480 g/mol. The zero-order valence-corrected chi connectivity index (χ0v) is 20.2. The van der Waals surface area contributed by atoms with Crippen molar-refractivity contribution in [2.45, 2.75) is 17.9 Å². The molecule has 5 rings (SSSR count). The maximum absolute atomic E-state index is 14.2. The van der Waals surface area contributed by atoms with E-state index in [0.29, 0.717) is 11.4 Å². The number of para-hydroxylation sites is 1. The fourth-order valence-corrected chi connectivity index (χ4v) is 5.09. The molecule has 1 aliphatic heterocycles. The molecule has 0 radical (unpaired) electrons. The quantitative estimate of drug-likeness (QED) is 0.257. The van der Waals surface area contributed by atoms with Gasteiger partial charge in [-0.2, -0.15) is 0 Å². The van der Waals surface area contributed by atoms with Crippen LogP contribution in [-0.2, 0) is 10.2 Å². The van der Waals surface area contributed by atoms with Crippen molar-refractivity contribution in [1.29, 1.82) is 0 Å².